The van der Waals surface area contributed by atoms with Crippen molar-refractivity contribution in [1.82, 2.24) is 75.2 Å². The molecule has 0 aromatic carbocycles. The molecule has 862 valence electrons. The zero-order valence-corrected chi connectivity index (χ0v) is 94.2. The second-order valence-corrected chi connectivity index (χ2v) is 30.4. The maximum absolute atomic E-state index is 7.09. The van der Waals surface area contributed by atoms with E-state index >= 15 is 0 Å². The van der Waals surface area contributed by atoms with E-state index in [0.717, 1.165) is 141 Å². The van der Waals surface area contributed by atoms with Gasteiger partial charge in [-0.1, -0.05) is 120 Å². The van der Waals surface area contributed by atoms with Crippen LogP contribution < -0.4 is 159 Å². The highest BCUT2D eigenvalue weighted by atomic mass is 15.4. The topological polar surface area (TPSA) is 1170 Å². The van der Waals surface area contributed by atoms with E-state index in [1.54, 1.807) is 68.9 Å². The van der Waals surface area contributed by atoms with Gasteiger partial charge in [0.1, 0.15) is 0 Å². The summed E-state index contributed by atoms with van der Waals surface area (Å²) in [6.45, 7) is 32.9. The molecule has 0 amide bonds. The van der Waals surface area contributed by atoms with Crippen molar-refractivity contribution in [3.8, 4) is 0 Å². The van der Waals surface area contributed by atoms with E-state index in [2.05, 4.69) is 133 Å². The molecule has 148 heavy (non-hydrogen) atoms. The van der Waals surface area contributed by atoms with Crippen LogP contribution in [0.15, 0.2) is 69.9 Å². The first-order chi connectivity index (χ1) is 68.8. The van der Waals surface area contributed by atoms with Gasteiger partial charge in [-0.25, -0.2) is 0 Å². The Kier molecular flexibility index (Phi) is 116. The van der Waals surface area contributed by atoms with E-state index in [0.29, 0.717) is 88.1 Å². The maximum Gasteiger partial charge on any atom is 0.215 e. The summed E-state index contributed by atoms with van der Waals surface area (Å²) in [5.41, 5.74) is 126. The van der Waals surface area contributed by atoms with Gasteiger partial charge < -0.3 is 167 Å². The van der Waals surface area contributed by atoms with Gasteiger partial charge in [0.2, 0.25) is 35.8 Å². The maximum atomic E-state index is 7.09. The lowest BCUT2D eigenvalue weighted by molar-refractivity contribution is 0.472. The van der Waals surface area contributed by atoms with Gasteiger partial charge in [-0.2, -0.15) is 20.0 Å². The molecule has 64 N–H and O–H groups in total. The van der Waals surface area contributed by atoms with E-state index in [1.807, 2.05) is 113 Å². The molecule has 0 aromatic heterocycles. The molecule has 0 saturated carbocycles. The number of rotatable bonds is 30. The van der Waals surface area contributed by atoms with Gasteiger partial charge in [-0.15, -0.1) is 0 Å². The van der Waals surface area contributed by atoms with Crippen molar-refractivity contribution in [2.75, 3.05) is 184 Å². The fraction of sp³-hybridized carbons (Fsp3) is 0.687. The predicted octanol–water partition coefficient (Wildman–Crippen LogP) is -4.58. The minimum atomic E-state index is -0.266. The van der Waals surface area contributed by atoms with Crippen molar-refractivity contribution in [3.05, 3.63) is 0 Å². The highest BCUT2D eigenvalue weighted by Gasteiger charge is 2.16. The molecule has 0 aliphatic heterocycles. The molecule has 0 aliphatic rings. The van der Waals surface area contributed by atoms with Crippen LogP contribution in [0.3, 0.4) is 0 Å². The van der Waals surface area contributed by atoms with E-state index in [4.69, 9.17) is 203 Å². The Hall–Kier alpha value is -16.4. The fourth-order valence-corrected chi connectivity index (χ4v) is 8.30. The number of aliphatic imine (C=N–C) groups is 14. The largest absolute Gasteiger partial charge is 0.370 e. The summed E-state index contributed by atoms with van der Waals surface area (Å²) in [5.74, 6) is 2.79. The van der Waals surface area contributed by atoms with Crippen molar-refractivity contribution in [1.29, 1.82) is 64.9 Å². The molecule has 0 rings (SSSR count). The number of nitrogens with one attached hydrogen (secondary N) is 16. The zero-order valence-electron chi connectivity index (χ0n) is 94.2. The summed E-state index contributed by atoms with van der Waals surface area (Å²) in [6, 6.07) is 0. The predicted molar refractivity (Wildman–Crippen MR) is 629 cm³/mol. The van der Waals surface area contributed by atoms with Gasteiger partial charge in [-0.3, -0.25) is 161 Å². The second-order valence-electron chi connectivity index (χ2n) is 30.4. The van der Waals surface area contributed by atoms with Gasteiger partial charge in [0.05, 0.1) is 0 Å². The molecule has 0 radical (unpaired) electrons. The second kappa shape index (κ2) is 108. The highest BCUT2D eigenvalue weighted by molar-refractivity contribution is 6.01. The minimum Gasteiger partial charge on any atom is -0.370 e. The van der Waals surface area contributed by atoms with Gasteiger partial charge in [0, 0.05) is 184 Å². The molecule has 0 atom stereocenters. The Labute approximate surface area is 881 Å². The van der Waals surface area contributed by atoms with Crippen LogP contribution in [0, 0.1) is 64.9 Å². The standard InChI is InChI=1S/C9H21N5.2C8H19N5.3C7H17N5.3C6H15N5.3C5H13N5.C4H11N5/c1-10-8(12(3)4)14(7)9(11-2)13(5)6;1-3-4-5-6-13(2)8(11)12-7(9)10;1-3-4-5-6-12-8(11)13(2)7(9)10;1-3-4-5-12(2)7(10)11-6(8)9;1-3-4-5-11-7(10)12(2)6(8)9;1-2-3-4-5-11-7(10)12-6(8)9;1-3-4-11(2)6(9)10-5(7)8;1-3-4-10-6(9)11(2)5(7)8;1-2-3-4-10-6(9)11-5(7)8;1-3-10(2)5(8)9-4(6)7;1-3-9-5(8)10(2)4(6)7;1-2-3-9-5(8)10-4(6)7;1-2-8-4(7)9-3(5)6/h1-7H3;3-6H2,1-2H3,(H5,9,10,11,12);3-6H2,1-2H3,(H3,9,10)(H2,11,12);3-5H2,1-2H3,(H5,8,9,10,11);3-5H2,1-2H3,(H3,8,9)(H2,10,11);2-5H2,1H3,(H6,8,9,10,11,12);3-4H2,1-2H3,(H5,7,8,9,10);3-4H2,1-2H3,(H3,7,8)(H2,9,10);2-4H2,1H3,(H6,7,8,9,10,11);3H2,1-2H3,(H5,6,7,8,9);3H2,1-2H3,(H3,6,7)(H2,8,9);2-3H2,1H3,(H6,6,7,8,9,10);2H2,1H3,(H6,5,6,7,8,9). The van der Waals surface area contributed by atoms with Gasteiger partial charge in [-0.05, 0) is 78.6 Å². The summed E-state index contributed by atoms with van der Waals surface area (Å²) in [6.07, 6.45) is 19.3. The fourth-order valence-electron chi connectivity index (χ4n) is 8.30. The monoisotopic (exact) mass is 2110 g/mol. The molecule has 0 spiro atoms. The van der Waals surface area contributed by atoms with Crippen LogP contribution in [0.5, 0.6) is 0 Å². The van der Waals surface area contributed by atoms with Crippen LogP contribution in [-0.2, 0) is 0 Å². The highest BCUT2D eigenvalue weighted by Crippen LogP contribution is 2.00. The SMILES string of the molecule is CCCCCN(C)C(N)=NC(=N)N.CCCCCN=C(N)N(C)C(=N)N.CCCCCN=C(N)NC(=N)N.CCCCN(C)C(N)=NC(=N)N.CCCCN=C(N)N(C)C(=N)N.CCCCN=C(N)NC(=N)N.CCCN(C)C(N)=NC(=N)N.CCCN=C(N)N(C)C(=N)N.CCCN=C(N)NC(=N)N.CCN(C)C(N)=NC(=N)N.CCN=C(N)N(C)C(=N)N.CCN=C(N)NC(=N)N.CN=C(N(C)C)N(C)C(=NC)N(C)C. The van der Waals surface area contributed by atoms with Crippen LogP contribution >= 0.6 is 0 Å². The smallest absolute Gasteiger partial charge is 0.215 e. The molecule has 0 saturated heterocycles. The Morgan fingerprint density at radius 2 is 0.439 bits per heavy atom. The third-order valence-electron chi connectivity index (χ3n) is 16.5. The summed E-state index contributed by atoms with van der Waals surface area (Å²) < 4.78 is 0. The van der Waals surface area contributed by atoms with E-state index < -0.39 is 0 Å². The molecule has 0 heterocycles. The lowest BCUT2D eigenvalue weighted by Gasteiger charge is -2.30. The van der Waals surface area contributed by atoms with E-state index in [1.165, 1.54) is 32.4 Å². The van der Waals surface area contributed by atoms with Crippen molar-refractivity contribution in [2.24, 2.45) is 208 Å². The van der Waals surface area contributed by atoms with Crippen LogP contribution in [0.25, 0.3) is 0 Å². The molecular formula is C83H205N65. The van der Waals surface area contributed by atoms with Crippen LogP contribution in [-0.4, -0.2) is 393 Å². The van der Waals surface area contributed by atoms with Crippen molar-refractivity contribution >= 4 is 155 Å². The molecule has 0 fully saturated rings. The molecule has 0 aliphatic carbocycles. The number of hydrogen-bond acceptors (Lipinski definition) is 22. The summed E-state index contributed by atoms with van der Waals surface area (Å²) in [5, 5.41) is 92.1. The summed E-state index contributed by atoms with van der Waals surface area (Å²) in [4.78, 5) is 72.4. The summed E-state index contributed by atoms with van der Waals surface area (Å²) >= 11 is 0. The zero-order chi connectivity index (χ0) is 118. The lowest BCUT2D eigenvalue weighted by atomic mass is 10.2. The quantitative estimate of drug-likeness (QED) is 0.0183. The van der Waals surface area contributed by atoms with Gasteiger partial charge in [0.15, 0.2) is 119 Å². The van der Waals surface area contributed by atoms with Crippen LogP contribution in [0.1, 0.15) is 199 Å². The Morgan fingerprint density at radius 3 is 0.676 bits per heavy atom. The Balaban J connectivity index is -0.000000121. The first-order valence-corrected chi connectivity index (χ1v) is 47.5. The summed E-state index contributed by atoms with van der Waals surface area (Å²) in [7, 11) is 27.0. The number of nitrogens with two attached hydrogens (primary N) is 24. The third-order valence-corrected chi connectivity index (χ3v) is 16.5. The molecule has 65 heteroatoms. The van der Waals surface area contributed by atoms with Crippen molar-refractivity contribution < 1.29 is 0 Å². The third kappa shape index (κ3) is 120. The number of nitrogens with zero attached hydrogens (tertiary/aromatic N) is 25. The first-order valence-electron chi connectivity index (χ1n) is 47.5. The Bertz CT molecular complexity index is 3990. The van der Waals surface area contributed by atoms with E-state index in [-0.39, 0.29) is 107 Å². The average molecular weight is 2110 g/mol. The molecule has 0 unspecified atom stereocenters. The molecular weight excluding hydrogens is 1910 g/mol. The number of guanidine groups is 26. The number of hydrogen-bond donors (Lipinski definition) is 40. The Morgan fingerprint density at radius 1 is 0.216 bits per heavy atom. The minimum absolute atomic E-state index is 0.0864. The van der Waals surface area contributed by atoms with Crippen LogP contribution in [0.4, 0.5) is 0 Å². The lowest BCUT2D eigenvalue weighted by Crippen LogP contribution is -2.47. The van der Waals surface area contributed by atoms with Crippen molar-refractivity contribution in [3.63, 3.8) is 0 Å². The normalized spacial score (nSPS) is 11.4. The number of unbranched alkanes of at least 4 members (excludes halogenated alkanes) is 9. The van der Waals surface area contributed by atoms with Crippen molar-refractivity contribution in [2.45, 2.75) is 199 Å². The molecule has 0 aromatic rings. The first kappa shape index (κ1) is 160. The van der Waals surface area contributed by atoms with Gasteiger partial charge in [0.25, 0.3) is 0 Å². The van der Waals surface area contributed by atoms with Gasteiger partial charge >= 0.3 is 0 Å². The molecule has 65 nitrogen and oxygen atoms in total. The van der Waals surface area contributed by atoms with Crippen LogP contribution in [0.2, 0.25) is 0 Å². The molecule has 0 bridgehead atoms. The van der Waals surface area contributed by atoms with E-state index in [9.17, 15) is 0 Å². The average Bonchev–Trinajstić information content (AvgIpc) is 0.868.